The summed E-state index contributed by atoms with van der Waals surface area (Å²) in [5.41, 5.74) is 1.51. The molecule has 112 valence electrons. The number of ether oxygens (including phenoxy) is 1. The molecule has 4 nitrogen and oxygen atoms in total. The van der Waals surface area contributed by atoms with Crippen LogP contribution in [0.15, 0.2) is 18.2 Å². The standard InChI is InChI=1S/C16H19FN2O2/c1-3-12(16(20)21-4-2)15-18-13-8-5-10(17)9-14(13)19(15)11-6-7-11/h5,8-9,11-12H,3-4,6-7H2,1-2H3. The van der Waals surface area contributed by atoms with E-state index in [0.717, 1.165) is 23.9 Å². The lowest BCUT2D eigenvalue weighted by atomic mass is 10.1. The Morgan fingerprint density at radius 2 is 2.24 bits per heavy atom. The van der Waals surface area contributed by atoms with Crippen LogP contribution in [0.4, 0.5) is 4.39 Å². The molecule has 1 aromatic carbocycles. The normalized spacial score (nSPS) is 16.1. The fraction of sp³-hybridized carbons (Fsp3) is 0.500. The van der Waals surface area contributed by atoms with Crippen LogP contribution in [0.25, 0.3) is 11.0 Å². The van der Waals surface area contributed by atoms with Crippen molar-refractivity contribution in [1.82, 2.24) is 9.55 Å². The molecule has 0 radical (unpaired) electrons. The van der Waals surface area contributed by atoms with Crippen LogP contribution in [0.5, 0.6) is 0 Å². The number of carbonyl (C=O) groups is 1. The smallest absolute Gasteiger partial charge is 0.316 e. The van der Waals surface area contributed by atoms with Gasteiger partial charge in [0.1, 0.15) is 17.6 Å². The van der Waals surface area contributed by atoms with Crippen molar-refractivity contribution >= 4 is 17.0 Å². The minimum absolute atomic E-state index is 0.252. The zero-order valence-corrected chi connectivity index (χ0v) is 12.3. The van der Waals surface area contributed by atoms with Gasteiger partial charge in [-0.3, -0.25) is 4.79 Å². The highest BCUT2D eigenvalue weighted by Crippen LogP contribution is 2.41. The maximum Gasteiger partial charge on any atom is 0.316 e. The molecule has 1 saturated carbocycles. The molecule has 1 aliphatic carbocycles. The second-order valence-electron chi connectivity index (χ2n) is 5.42. The summed E-state index contributed by atoms with van der Waals surface area (Å²) in [6, 6.07) is 4.91. The molecule has 21 heavy (non-hydrogen) atoms. The molecular weight excluding hydrogens is 271 g/mol. The lowest BCUT2D eigenvalue weighted by Crippen LogP contribution is -2.19. The fourth-order valence-corrected chi connectivity index (χ4v) is 2.74. The molecule has 1 atom stereocenters. The third-order valence-corrected chi connectivity index (χ3v) is 3.88. The number of fused-ring (bicyclic) bond motifs is 1. The molecule has 0 saturated heterocycles. The lowest BCUT2D eigenvalue weighted by molar-refractivity contribution is -0.145. The molecule has 0 amide bonds. The van der Waals surface area contributed by atoms with Gasteiger partial charge in [-0.1, -0.05) is 6.92 Å². The molecule has 1 unspecified atom stereocenters. The number of nitrogens with zero attached hydrogens (tertiary/aromatic N) is 2. The SMILES string of the molecule is CCOC(=O)C(CC)c1nc2ccc(F)cc2n1C1CC1. The summed E-state index contributed by atoms with van der Waals surface area (Å²) in [6.45, 7) is 4.09. The number of hydrogen-bond acceptors (Lipinski definition) is 3. The van der Waals surface area contributed by atoms with Crippen LogP contribution in [-0.2, 0) is 9.53 Å². The van der Waals surface area contributed by atoms with Crippen molar-refractivity contribution in [2.24, 2.45) is 0 Å². The Morgan fingerprint density at radius 1 is 1.48 bits per heavy atom. The molecule has 5 heteroatoms. The van der Waals surface area contributed by atoms with Crippen molar-refractivity contribution in [1.29, 1.82) is 0 Å². The monoisotopic (exact) mass is 290 g/mol. The summed E-state index contributed by atoms with van der Waals surface area (Å²) in [5.74, 6) is -0.210. The van der Waals surface area contributed by atoms with Crippen molar-refractivity contribution < 1.29 is 13.9 Å². The highest BCUT2D eigenvalue weighted by atomic mass is 19.1. The van der Waals surface area contributed by atoms with Gasteiger partial charge in [0.15, 0.2) is 0 Å². The van der Waals surface area contributed by atoms with Gasteiger partial charge in [-0.15, -0.1) is 0 Å². The third-order valence-electron chi connectivity index (χ3n) is 3.88. The van der Waals surface area contributed by atoms with Gasteiger partial charge in [-0.2, -0.15) is 0 Å². The van der Waals surface area contributed by atoms with Gasteiger partial charge in [0.2, 0.25) is 0 Å². The Hall–Kier alpha value is -1.91. The van der Waals surface area contributed by atoms with Crippen LogP contribution in [-0.4, -0.2) is 22.1 Å². The Balaban J connectivity index is 2.12. The largest absolute Gasteiger partial charge is 0.465 e. The molecular formula is C16H19FN2O2. The van der Waals surface area contributed by atoms with Gasteiger partial charge < -0.3 is 9.30 Å². The summed E-state index contributed by atoms with van der Waals surface area (Å²) >= 11 is 0. The number of imidazole rings is 1. The van der Waals surface area contributed by atoms with E-state index in [1.165, 1.54) is 12.1 Å². The Morgan fingerprint density at radius 3 is 2.86 bits per heavy atom. The first kappa shape index (κ1) is 14.0. The van der Waals surface area contributed by atoms with Crippen LogP contribution in [0.3, 0.4) is 0 Å². The molecule has 1 heterocycles. The van der Waals surface area contributed by atoms with Crippen molar-refractivity contribution in [2.45, 2.75) is 45.1 Å². The second kappa shape index (κ2) is 5.47. The topological polar surface area (TPSA) is 44.1 Å². The van der Waals surface area contributed by atoms with Crippen LogP contribution < -0.4 is 0 Å². The van der Waals surface area contributed by atoms with Gasteiger partial charge in [0.05, 0.1) is 17.6 Å². The third kappa shape index (κ3) is 2.52. The van der Waals surface area contributed by atoms with E-state index in [1.54, 1.807) is 13.0 Å². The van der Waals surface area contributed by atoms with E-state index in [4.69, 9.17) is 4.74 Å². The van der Waals surface area contributed by atoms with Crippen molar-refractivity contribution in [3.05, 3.63) is 29.8 Å². The van der Waals surface area contributed by atoms with Crippen molar-refractivity contribution in [2.75, 3.05) is 6.61 Å². The average Bonchev–Trinajstić information content (AvgIpc) is 3.22. The number of hydrogen-bond donors (Lipinski definition) is 0. The van der Waals surface area contributed by atoms with Crippen LogP contribution >= 0.6 is 0 Å². The predicted molar refractivity (Wildman–Crippen MR) is 77.6 cm³/mol. The number of benzene rings is 1. The quantitative estimate of drug-likeness (QED) is 0.791. The number of aromatic nitrogens is 2. The second-order valence-corrected chi connectivity index (χ2v) is 5.42. The average molecular weight is 290 g/mol. The highest BCUT2D eigenvalue weighted by molar-refractivity contribution is 5.81. The lowest BCUT2D eigenvalue weighted by Gasteiger charge is -2.15. The van der Waals surface area contributed by atoms with Gasteiger partial charge in [0.25, 0.3) is 0 Å². The number of halogens is 1. The molecule has 2 aromatic rings. The Labute approximate surface area is 122 Å². The van der Waals surface area contributed by atoms with E-state index >= 15 is 0 Å². The summed E-state index contributed by atoms with van der Waals surface area (Å²) in [7, 11) is 0. The summed E-state index contributed by atoms with van der Waals surface area (Å²) in [6.07, 6.45) is 2.72. The van der Waals surface area contributed by atoms with E-state index in [0.29, 0.717) is 24.9 Å². The van der Waals surface area contributed by atoms with Crippen molar-refractivity contribution in [3.8, 4) is 0 Å². The minimum Gasteiger partial charge on any atom is -0.465 e. The van der Waals surface area contributed by atoms with E-state index in [1.807, 2.05) is 11.5 Å². The van der Waals surface area contributed by atoms with Crippen molar-refractivity contribution in [3.63, 3.8) is 0 Å². The molecule has 3 rings (SSSR count). The maximum absolute atomic E-state index is 13.5. The fourth-order valence-electron chi connectivity index (χ4n) is 2.74. The zero-order valence-electron chi connectivity index (χ0n) is 12.3. The first-order valence-corrected chi connectivity index (χ1v) is 7.49. The first-order valence-electron chi connectivity index (χ1n) is 7.49. The maximum atomic E-state index is 13.5. The van der Waals surface area contributed by atoms with E-state index in [2.05, 4.69) is 4.98 Å². The molecule has 0 aliphatic heterocycles. The predicted octanol–water partition coefficient (Wildman–Crippen LogP) is 3.57. The first-order chi connectivity index (χ1) is 10.2. The summed E-state index contributed by atoms with van der Waals surface area (Å²) in [5, 5.41) is 0. The summed E-state index contributed by atoms with van der Waals surface area (Å²) in [4.78, 5) is 16.7. The zero-order chi connectivity index (χ0) is 15.0. The van der Waals surface area contributed by atoms with Gasteiger partial charge in [-0.25, -0.2) is 9.37 Å². The van der Waals surface area contributed by atoms with Gasteiger partial charge in [-0.05, 0) is 44.4 Å². The molecule has 0 bridgehead atoms. The molecule has 1 aromatic heterocycles. The van der Waals surface area contributed by atoms with Gasteiger partial charge >= 0.3 is 5.97 Å². The van der Waals surface area contributed by atoms with E-state index in [-0.39, 0.29) is 17.7 Å². The Kier molecular flexibility index (Phi) is 3.66. The van der Waals surface area contributed by atoms with E-state index in [9.17, 15) is 9.18 Å². The number of carbonyl (C=O) groups excluding carboxylic acids is 1. The molecule has 1 aliphatic rings. The number of esters is 1. The molecule has 0 N–H and O–H groups in total. The highest BCUT2D eigenvalue weighted by Gasteiger charge is 2.33. The number of rotatable bonds is 5. The minimum atomic E-state index is -0.388. The molecule has 0 spiro atoms. The summed E-state index contributed by atoms with van der Waals surface area (Å²) < 4.78 is 20.7. The van der Waals surface area contributed by atoms with E-state index < -0.39 is 0 Å². The molecule has 1 fully saturated rings. The van der Waals surface area contributed by atoms with Crippen LogP contribution in [0.2, 0.25) is 0 Å². The Bertz CT molecular complexity index is 676. The van der Waals surface area contributed by atoms with Crippen LogP contribution in [0.1, 0.15) is 50.9 Å². The van der Waals surface area contributed by atoms with Gasteiger partial charge in [0, 0.05) is 6.04 Å². The van der Waals surface area contributed by atoms with Crippen LogP contribution in [0, 0.1) is 5.82 Å².